The summed E-state index contributed by atoms with van der Waals surface area (Å²) >= 11 is 0. The van der Waals surface area contributed by atoms with Gasteiger partial charge in [0.15, 0.2) is 0 Å². The lowest BCUT2D eigenvalue weighted by Gasteiger charge is -2.30. The fraction of sp³-hybridized carbons (Fsp3) is 0.500. The van der Waals surface area contributed by atoms with Crippen LogP contribution in [0.1, 0.15) is 46.1 Å². The van der Waals surface area contributed by atoms with E-state index < -0.39 is 18.3 Å². The Bertz CT molecular complexity index is 776. The second-order valence-electron chi connectivity index (χ2n) is 7.21. The van der Waals surface area contributed by atoms with Gasteiger partial charge in [-0.15, -0.1) is 0 Å². The lowest BCUT2D eigenvalue weighted by molar-refractivity contribution is -0.0497. The third-order valence-electron chi connectivity index (χ3n) is 4.11. The molecular weight excluding hydrogens is 330 g/mol. The number of fused-ring (bicyclic) bond motifs is 1. The Morgan fingerprint density at radius 2 is 2.00 bits per heavy atom. The van der Waals surface area contributed by atoms with E-state index in [4.69, 9.17) is 4.74 Å². The quantitative estimate of drug-likeness (QED) is 0.811. The maximum atomic E-state index is 12.5. The zero-order valence-electron chi connectivity index (χ0n) is 14.5. The van der Waals surface area contributed by atoms with Crippen LogP contribution < -0.4 is 10.1 Å². The molecule has 136 valence electrons. The molecule has 1 aliphatic carbocycles. The molecule has 0 spiro atoms. The highest BCUT2D eigenvalue weighted by molar-refractivity contribution is 5.92. The Hall–Kier alpha value is -2.31. The molecule has 5 nitrogen and oxygen atoms in total. The van der Waals surface area contributed by atoms with Crippen LogP contribution in [0.3, 0.4) is 0 Å². The van der Waals surface area contributed by atoms with Crippen molar-refractivity contribution in [3.8, 4) is 5.75 Å². The normalized spacial score (nSPS) is 15.3. The van der Waals surface area contributed by atoms with Crippen LogP contribution in [0.5, 0.6) is 5.75 Å². The van der Waals surface area contributed by atoms with Gasteiger partial charge in [-0.2, -0.15) is 8.78 Å². The summed E-state index contributed by atoms with van der Waals surface area (Å²) in [6.07, 6.45) is 2.52. The van der Waals surface area contributed by atoms with Gasteiger partial charge < -0.3 is 14.0 Å². The number of halogens is 2. The number of carbonyl (C=O) groups excluding carboxylic acids is 1. The highest BCUT2D eigenvalue weighted by atomic mass is 19.3. The summed E-state index contributed by atoms with van der Waals surface area (Å²) < 4.78 is 36.8. The van der Waals surface area contributed by atoms with E-state index >= 15 is 0 Å². The molecule has 0 aliphatic heterocycles. The molecule has 3 rings (SSSR count). The number of nitrogens with zero attached hydrogens (tertiary/aromatic N) is 1. The van der Waals surface area contributed by atoms with E-state index in [9.17, 15) is 13.6 Å². The van der Waals surface area contributed by atoms with E-state index in [-0.39, 0.29) is 11.8 Å². The average Bonchev–Trinajstić information content (AvgIpc) is 2.72. The highest BCUT2D eigenvalue weighted by Crippen LogP contribution is 2.39. The van der Waals surface area contributed by atoms with Crippen molar-refractivity contribution in [2.75, 3.05) is 5.32 Å². The van der Waals surface area contributed by atoms with Crippen LogP contribution in [0.2, 0.25) is 0 Å². The number of anilines is 1. The molecule has 0 unspecified atom stereocenters. The number of aromatic nitrogens is 1. The fourth-order valence-corrected chi connectivity index (χ4v) is 2.92. The molecule has 1 aromatic heterocycles. The second kappa shape index (κ2) is 6.54. The molecule has 25 heavy (non-hydrogen) atoms. The Morgan fingerprint density at radius 1 is 1.28 bits per heavy atom. The predicted molar refractivity (Wildman–Crippen MR) is 91.3 cm³/mol. The average molecular weight is 352 g/mol. The second-order valence-corrected chi connectivity index (χ2v) is 7.21. The van der Waals surface area contributed by atoms with Crippen LogP contribution in [-0.4, -0.2) is 22.9 Å². The van der Waals surface area contributed by atoms with Crippen molar-refractivity contribution in [2.45, 2.75) is 58.3 Å². The zero-order chi connectivity index (χ0) is 18.2. The molecule has 1 N–H and O–H groups in total. The van der Waals surface area contributed by atoms with Crippen molar-refractivity contribution in [3.05, 3.63) is 24.3 Å². The van der Waals surface area contributed by atoms with Gasteiger partial charge in [-0.25, -0.2) is 4.79 Å². The van der Waals surface area contributed by atoms with Gasteiger partial charge >= 0.3 is 12.7 Å². The van der Waals surface area contributed by atoms with E-state index in [0.29, 0.717) is 5.82 Å². The van der Waals surface area contributed by atoms with Gasteiger partial charge in [0.2, 0.25) is 0 Å². The van der Waals surface area contributed by atoms with Gasteiger partial charge in [-0.1, -0.05) is 0 Å². The summed E-state index contributed by atoms with van der Waals surface area (Å²) in [7, 11) is 0. The number of hydrogen-bond donors (Lipinski definition) is 1. The molecule has 1 aliphatic rings. The first kappa shape index (κ1) is 17.5. The summed E-state index contributed by atoms with van der Waals surface area (Å²) in [6.45, 7) is 2.51. The van der Waals surface area contributed by atoms with Crippen molar-refractivity contribution in [1.82, 2.24) is 4.57 Å². The third-order valence-corrected chi connectivity index (χ3v) is 4.11. The molecule has 0 bridgehead atoms. The first-order valence-corrected chi connectivity index (χ1v) is 8.33. The summed E-state index contributed by atoms with van der Waals surface area (Å²) in [5.74, 6) is 0.702. The van der Waals surface area contributed by atoms with E-state index in [1.165, 1.54) is 6.07 Å². The van der Waals surface area contributed by atoms with Crippen LogP contribution in [0.4, 0.5) is 19.4 Å². The minimum atomic E-state index is -2.87. The van der Waals surface area contributed by atoms with Crippen molar-refractivity contribution < 1.29 is 23.0 Å². The number of alkyl halides is 2. The maximum absolute atomic E-state index is 12.5. The fourth-order valence-electron chi connectivity index (χ4n) is 2.92. The number of hydrogen-bond acceptors (Lipinski definition) is 3. The van der Waals surface area contributed by atoms with Crippen molar-refractivity contribution in [1.29, 1.82) is 0 Å². The van der Waals surface area contributed by atoms with Gasteiger partial charge in [-0.05, 0) is 58.2 Å². The number of ether oxygens (including phenoxy) is 2. The van der Waals surface area contributed by atoms with E-state index in [0.717, 1.165) is 30.2 Å². The smallest absolute Gasteiger partial charge is 0.413 e. The summed E-state index contributed by atoms with van der Waals surface area (Å²) in [5.41, 5.74) is 0.157. The molecule has 7 heteroatoms. The highest BCUT2D eigenvalue weighted by Gasteiger charge is 2.26. The van der Waals surface area contributed by atoms with Gasteiger partial charge in [0.1, 0.15) is 17.2 Å². The first-order valence-electron chi connectivity index (χ1n) is 8.33. The van der Waals surface area contributed by atoms with Crippen LogP contribution in [0.15, 0.2) is 24.3 Å². The molecule has 1 saturated carbocycles. The Kier molecular flexibility index (Phi) is 4.58. The summed E-state index contributed by atoms with van der Waals surface area (Å²) in [5, 5.41) is 3.63. The Balaban J connectivity index is 1.95. The van der Waals surface area contributed by atoms with Crippen molar-refractivity contribution in [3.63, 3.8) is 0 Å². The van der Waals surface area contributed by atoms with Gasteiger partial charge in [0, 0.05) is 17.5 Å². The number of rotatable bonds is 4. The van der Waals surface area contributed by atoms with Gasteiger partial charge in [0.25, 0.3) is 0 Å². The van der Waals surface area contributed by atoms with Crippen LogP contribution in [-0.2, 0) is 4.74 Å². The van der Waals surface area contributed by atoms with Crippen LogP contribution >= 0.6 is 0 Å². The molecule has 1 fully saturated rings. The number of amides is 1. The minimum absolute atomic E-state index is 0.102. The summed E-state index contributed by atoms with van der Waals surface area (Å²) in [4.78, 5) is 12.1. The SMILES string of the molecule is CC(C)(C)OC(=O)Nc1cc2ccc(OC(F)F)cc2n1C1CCC1. The molecule has 1 heterocycles. The van der Waals surface area contributed by atoms with Gasteiger partial charge in [0.05, 0.1) is 5.52 Å². The molecule has 1 amide bonds. The van der Waals surface area contributed by atoms with E-state index in [1.54, 1.807) is 32.9 Å². The number of benzene rings is 1. The van der Waals surface area contributed by atoms with E-state index in [2.05, 4.69) is 10.1 Å². The lowest BCUT2D eigenvalue weighted by atomic mass is 9.93. The summed E-state index contributed by atoms with van der Waals surface area (Å²) in [6, 6.07) is 6.84. The molecule has 2 aromatic rings. The lowest BCUT2D eigenvalue weighted by Crippen LogP contribution is -2.28. The molecule has 0 atom stereocenters. The van der Waals surface area contributed by atoms with Crippen LogP contribution in [0.25, 0.3) is 10.9 Å². The monoisotopic (exact) mass is 352 g/mol. The van der Waals surface area contributed by atoms with Crippen molar-refractivity contribution >= 4 is 22.8 Å². The topological polar surface area (TPSA) is 52.5 Å². The van der Waals surface area contributed by atoms with E-state index in [1.807, 2.05) is 10.6 Å². The third kappa shape index (κ3) is 4.03. The van der Waals surface area contributed by atoms with Gasteiger partial charge in [-0.3, -0.25) is 5.32 Å². The molecule has 0 saturated heterocycles. The largest absolute Gasteiger partial charge is 0.444 e. The molecule has 0 radical (unpaired) electrons. The maximum Gasteiger partial charge on any atom is 0.413 e. The Morgan fingerprint density at radius 3 is 2.56 bits per heavy atom. The Labute approximate surface area is 144 Å². The number of carbonyl (C=O) groups is 1. The predicted octanol–water partition coefficient (Wildman–Crippen LogP) is 5.31. The zero-order valence-corrected chi connectivity index (χ0v) is 14.5. The standard InChI is InChI=1S/C18H22F2N2O3/c1-18(2,3)25-17(23)21-15-9-11-7-8-13(24-16(19)20)10-14(11)22(15)12-5-4-6-12/h7-10,12,16H,4-6H2,1-3H3,(H,21,23). The van der Waals surface area contributed by atoms with Crippen LogP contribution in [0, 0.1) is 0 Å². The molecule has 1 aromatic carbocycles. The number of nitrogens with one attached hydrogen (secondary N) is 1. The molecular formula is C18H22F2N2O3. The first-order chi connectivity index (χ1) is 11.7. The minimum Gasteiger partial charge on any atom is -0.444 e. The van der Waals surface area contributed by atoms with Crippen molar-refractivity contribution in [2.24, 2.45) is 0 Å².